The van der Waals surface area contributed by atoms with E-state index in [1.165, 1.54) is 60.5 Å². The minimum absolute atomic E-state index is 0.0285. The third kappa shape index (κ3) is 2.52. The lowest BCUT2D eigenvalue weighted by Gasteiger charge is -2.28. The van der Waals surface area contributed by atoms with E-state index in [1.807, 2.05) is 0 Å². The number of hydrogen-bond acceptors (Lipinski definition) is 0. The molecule has 0 aliphatic heterocycles. The van der Waals surface area contributed by atoms with Crippen molar-refractivity contribution < 1.29 is 0 Å². The van der Waals surface area contributed by atoms with E-state index < -0.39 is 0 Å². The molecule has 0 spiro atoms. The van der Waals surface area contributed by atoms with E-state index in [0.717, 1.165) is 6.42 Å². The Bertz CT molecular complexity index is 1610. The molecule has 1 unspecified atom stereocenters. The molecule has 0 nitrogen and oxygen atoms in total. The minimum atomic E-state index is 0.0285. The molecule has 0 bridgehead atoms. The summed E-state index contributed by atoms with van der Waals surface area (Å²) in [5.74, 6) is 0.365. The first-order valence-corrected chi connectivity index (χ1v) is 12.0. The van der Waals surface area contributed by atoms with Crippen LogP contribution in [0.4, 0.5) is 0 Å². The van der Waals surface area contributed by atoms with Crippen LogP contribution in [0.2, 0.25) is 0 Å². The quantitative estimate of drug-likeness (QED) is 0.237. The van der Waals surface area contributed by atoms with Crippen molar-refractivity contribution in [3.63, 3.8) is 0 Å². The smallest absolute Gasteiger partial charge is 0.0158 e. The molecule has 0 saturated heterocycles. The standard InChI is InChI=1S/C33H26/c1-33(2)30-17-8-7-13-26(30)27-19-18-21(20-31(27)33)22-15-9-16-29-25-11-4-3-10-23(25)24-12-5-6-14-28(24)32(22)29/h3-14,16-20,22H,15H2,1-2H3. The van der Waals surface area contributed by atoms with Gasteiger partial charge in [-0.1, -0.05) is 117 Å². The molecule has 2 aliphatic carbocycles. The Balaban J connectivity index is 1.49. The Kier molecular flexibility index (Phi) is 3.82. The van der Waals surface area contributed by atoms with Gasteiger partial charge in [0.25, 0.3) is 0 Å². The lowest BCUT2D eigenvalue weighted by molar-refractivity contribution is 0.657. The molecule has 5 aromatic rings. The van der Waals surface area contributed by atoms with Gasteiger partial charge in [0.15, 0.2) is 0 Å². The molecule has 7 rings (SSSR count). The molecule has 0 radical (unpaired) electrons. The Morgan fingerprint density at radius 1 is 0.636 bits per heavy atom. The molecule has 0 aromatic heterocycles. The molecule has 5 aromatic carbocycles. The number of allylic oxidation sites excluding steroid dienone is 1. The fourth-order valence-electron chi connectivity index (χ4n) is 6.43. The Morgan fingerprint density at radius 3 is 2.09 bits per heavy atom. The first kappa shape index (κ1) is 18.9. The van der Waals surface area contributed by atoms with Crippen molar-refractivity contribution in [2.75, 3.05) is 0 Å². The van der Waals surface area contributed by atoms with Gasteiger partial charge in [-0.15, -0.1) is 0 Å². The van der Waals surface area contributed by atoms with Crippen molar-refractivity contribution in [2.24, 2.45) is 0 Å². The zero-order valence-electron chi connectivity index (χ0n) is 19.1. The summed E-state index contributed by atoms with van der Waals surface area (Å²) in [5, 5.41) is 5.47. The maximum Gasteiger partial charge on any atom is 0.0158 e. The van der Waals surface area contributed by atoms with Crippen LogP contribution in [0.1, 0.15) is 54.0 Å². The monoisotopic (exact) mass is 422 g/mol. The Hall–Kier alpha value is -3.64. The summed E-state index contributed by atoms with van der Waals surface area (Å²) in [5.41, 5.74) is 10.0. The molecule has 0 fully saturated rings. The van der Waals surface area contributed by atoms with Gasteiger partial charge in [-0.3, -0.25) is 0 Å². The third-order valence-corrected chi connectivity index (χ3v) is 8.03. The average molecular weight is 423 g/mol. The second-order valence-electron chi connectivity index (χ2n) is 10.1. The highest BCUT2D eigenvalue weighted by molar-refractivity contribution is 6.13. The molecule has 0 amide bonds. The van der Waals surface area contributed by atoms with Gasteiger partial charge in [0, 0.05) is 11.3 Å². The number of hydrogen-bond donors (Lipinski definition) is 0. The number of fused-ring (bicyclic) bond motifs is 9. The van der Waals surface area contributed by atoms with Crippen molar-refractivity contribution in [1.82, 2.24) is 0 Å². The van der Waals surface area contributed by atoms with Crippen LogP contribution in [0.5, 0.6) is 0 Å². The topological polar surface area (TPSA) is 0 Å². The van der Waals surface area contributed by atoms with Gasteiger partial charge in [0.2, 0.25) is 0 Å². The van der Waals surface area contributed by atoms with E-state index in [4.69, 9.17) is 0 Å². The van der Waals surface area contributed by atoms with Crippen LogP contribution in [0, 0.1) is 0 Å². The van der Waals surface area contributed by atoms with Crippen LogP contribution in [-0.2, 0) is 5.41 Å². The van der Waals surface area contributed by atoms with Crippen molar-refractivity contribution >= 4 is 27.6 Å². The summed E-state index contributed by atoms with van der Waals surface area (Å²) in [6.45, 7) is 4.75. The van der Waals surface area contributed by atoms with E-state index in [-0.39, 0.29) is 5.41 Å². The van der Waals surface area contributed by atoms with Crippen LogP contribution in [0.3, 0.4) is 0 Å². The van der Waals surface area contributed by atoms with Gasteiger partial charge in [0.05, 0.1) is 0 Å². The van der Waals surface area contributed by atoms with Gasteiger partial charge in [-0.2, -0.15) is 0 Å². The molecule has 33 heavy (non-hydrogen) atoms. The molecule has 1 atom stereocenters. The fraction of sp³-hybridized carbons (Fsp3) is 0.152. The fourth-order valence-corrected chi connectivity index (χ4v) is 6.43. The highest BCUT2D eigenvalue weighted by atomic mass is 14.4. The van der Waals surface area contributed by atoms with E-state index in [2.05, 4.69) is 117 Å². The van der Waals surface area contributed by atoms with Crippen molar-refractivity contribution in [2.45, 2.75) is 31.6 Å². The van der Waals surface area contributed by atoms with E-state index >= 15 is 0 Å². The molecule has 0 heteroatoms. The Morgan fingerprint density at radius 2 is 1.27 bits per heavy atom. The Labute approximate surface area is 195 Å². The zero-order chi connectivity index (χ0) is 22.2. The lowest BCUT2D eigenvalue weighted by atomic mass is 9.75. The first-order valence-electron chi connectivity index (χ1n) is 12.0. The van der Waals surface area contributed by atoms with Crippen LogP contribution >= 0.6 is 0 Å². The molecule has 0 heterocycles. The maximum atomic E-state index is 2.51. The second kappa shape index (κ2) is 6.68. The summed E-state index contributed by atoms with van der Waals surface area (Å²) >= 11 is 0. The second-order valence-corrected chi connectivity index (χ2v) is 10.1. The SMILES string of the molecule is CC1(C)c2ccccc2-c2ccc(C3CC=Cc4c3c3ccccc3c3ccccc43)cc21. The predicted molar refractivity (Wildman–Crippen MR) is 141 cm³/mol. The summed E-state index contributed by atoms with van der Waals surface area (Å²) in [4.78, 5) is 0. The van der Waals surface area contributed by atoms with E-state index in [1.54, 1.807) is 0 Å². The highest BCUT2D eigenvalue weighted by Gasteiger charge is 2.36. The van der Waals surface area contributed by atoms with E-state index in [9.17, 15) is 0 Å². The van der Waals surface area contributed by atoms with Crippen molar-refractivity contribution in [1.29, 1.82) is 0 Å². The summed E-state index contributed by atoms with van der Waals surface area (Å²) < 4.78 is 0. The highest BCUT2D eigenvalue weighted by Crippen LogP contribution is 2.51. The van der Waals surface area contributed by atoms with Gasteiger partial charge >= 0.3 is 0 Å². The van der Waals surface area contributed by atoms with Crippen molar-refractivity contribution in [3.05, 3.63) is 125 Å². The lowest BCUT2D eigenvalue weighted by Crippen LogP contribution is -2.16. The third-order valence-electron chi connectivity index (χ3n) is 8.03. The molecule has 0 N–H and O–H groups in total. The van der Waals surface area contributed by atoms with Gasteiger partial charge in [-0.25, -0.2) is 0 Å². The van der Waals surface area contributed by atoms with Crippen LogP contribution in [0.25, 0.3) is 38.7 Å². The molecule has 2 aliphatic rings. The predicted octanol–water partition coefficient (Wildman–Crippen LogP) is 8.85. The molecular formula is C33H26. The average Bonchev–Trinajstić information content (AvgIpc) is 3.10. The van der Waals surface area contributed by atoms with Crippen molar-refractivity contribution in [3.8, 4) is 11.1 Å². The zero-order valence-corrected chi connectivity index (χ0v) is 19.1. The molecule has 158 valence electrons. The summed E-state index contributed by atoms with van der Waals surface area (Å²) in [6, 6.07) is 34.0. The van der Waals surface area contributed by atoms with E-state index in [0.29, 0.717) is 5.92 Å². The summed E-state index contributed by atoms with van der Waals surface area (Å²) in [7, 11) is 0. The van der Waals surface area contributed by atoms with Gasteiger partial charge in [0.1, 0.15) is 0 Å². The molecular weight excluding hydrogens is 396 g/mol. The normalized spacial score (nSPS) is 17.7. The minimum Gasteiger partial charge on any atom is -0.0830 e. The van der Waals surface area contributed by atoms with Crippen LogP contribution < -0.4 is 0 Å². The molecule has 0 saturated carbocycles. The van der Waals surface area contributed by atoms with Gasteiger partial charge < -0.3 is 0 Å². The number of benzene rings is 5. The first-order chi connectivity index (χ1) is 16.1. The van der Waals surface area contributed by atoms with Crippen LogP contribution in [-0.4, -0.2) is 0 Å². The van der Waals surface area contributed by atoms with Crippen LogP contribution in [0.15, 0.2) is 97.1 Å². The van der Waals surface area contributed by atoms with Gasteiger partial charge in [-0.05, 0) is 66.9 Å². The largest absolute Gasteiger partial charge is 0.0830 e. The summed E-state index contributed by atoms with van der Waals surface area (Å²) in [6.07, 6.45) is 5.77. The maximum absolute atomic E-state index is 2.51. The number of rotatable bonds is 1.